The first kappa shape index (κ1) is 13.4. The number of phenolic OH excluding ortho intramolecular Hbond substituents is 1. The number of rotatable bonds is 2. The zero-order valence-electron chi connectivity index (χ0n) is 10.5. The first-order chi connectivity index (χ1) is 8.63. The van der Waals surface area contributed by atoms with Crippen molar-refractivity contribution >= 4 is 21.8 Å². The fourth-order valence-electron chi connectivity index (χ4n) is 2.40. The third kappa shape index (κ3) is 2.69. The highest BCUT2D eigenvalue weighted by Crippen LogP contribution is 2.24. The molecule has 3 nitrogen and oxygen atoms in total. The maximum atomic E-state index is 12.4. The maximum absolute atomic E-state index is 12.4. The van der Waals surface area contributed by atoms with Gasteiger partial charge in [-0.25, -0.2) is 0 Å². The number of hydrogen-bond donors (Lipinski definition) is 1. The van der Waals surface area contributed by atoms with E-state index in [-0.39, 0.29) is 11.7 Å². The second-order valence-electron chi connectivity index (χ2n) is 4.86. The first-order valence-corrected chi connectivity index (χ1v) is 7.39. The molecular weight excluding hydrogens is 294 g/mol. The summed E-state index contributed by atoms with van der Waals surface area (Å²) in [6.45, 7) is 3.41. The number of halogens is 1. The van der Waals surface area contributed by atoms with Gasteiger partial charge in [-0.2, -0.15) is 0 Å². The average Bonchev–Trinajstić information content (AvgIpc) is 2.41. The fraction of sp³-hybridized carbons (Fsp3) is 0.500. The Kier molecular flexibility index (Phi) is 4.27. The number of nitrogens with zero attached hydrogens (tertiary/aromatic N) is 1. The van der Waals surface area contributed by atoms with Crippen LogP contribution in [0.1, 0.15) is 28.8 Å². The van der Waals surface area contributed by atoms with Gasteiger partial charge in [0, 0.05) is 29.5 Å². The van der Waals surface area contributed by atoms with E-state index in [4.69, 9.17) is 0 Å². The van der Waals surface area contributed by atoms with Gasteiger partial charge >= 0.3 is 0 Å². The highest BCUT2D eigenvalue weighted by atomic mass is 79.9. The van der Waals surface area contributed by atoms with Crippen LogP contribution < -0.4 is 0 Å². The monoisotopic (exact) mass is 311 g/mol. The lowest BCUT2D eigenvalue weighted by atomic mass is 9.98. The highest BCUT2D eigenvalue weighted by Gasteiger charge is 2.25. The number of carbonyl (C=O) groups excluding carboxylic acids is 1. The summed E-state index contributed by atoms with van der Waals surface area (Å²) >= 11 is 3.49. The molecule has 1 aromatic rings. The van der Waals surface area contributed by atoms with Crippen LogP contribution in [0.15, 0.2) is 18.2 Å². The molecular formula is C14H18BrNO2. The number of likely N-dealkylation sites (tertiary alicyclic amines) is 1. The van der Waals surface area contributed by atoms with Crippen molar-refractivity contribution in [2.75, 3.05) is 18.4 Å². The summed E-state index contributed by atoms with van der Waals surface area (Å²) in [6.07, 6.45) is 2.23. The van der Waals surface area contributed by atoms with Gasteiger partial charge in [-0.05, 0) is 37.8 Å². The van der Waals surface area contributed by atoms with Crippen molar-refractivity contribution < 1.29 is 9.90 Å². The van der Waals surface area contributed by atoms with Gasteiger partial charge in [0.25, 0.3) is 5.91 Å². The summed E-state index contributed by atoms with van der Waals surface area (Å²) in [5.41, 5.74) is 1.29. The maximum Gasteiger partial charge on any atom is 0.254 e. The summed E-state index contributed by atoms with van der Waals surface area (Å²) in [6, 6.07) is 5.13. The van der Waals surface area contributed by atoms with Gasteiger partial charge in [0.2, 0.25) is 0 Å². The molecule has 18 heavy (non-hydrogen) atoms. The van der Waals surface area contributed by atoms with E-state index in [0.29, 0.717) is 17.0 Å². The molecule has 1 N–H and O–H groups in total. The molecule has 0 aromatic heterocycles. The number of benzene rings is 1. The van der Waals surface area contributed by atoms with E-state index >= 15 is 0 Å². The van der Waals surface area contributed by atoms with Crippen LogP contribution in [0, 0.1) is 12.8 Å². The molecule has 1 fully saturated rings. The lowest BCUT2D eigenvalue weighted by Gasteiger charge is -2.32. The van der Waals surface area contributed by atoms with Crippen LogP contribution in [0.5, 0.6) is 5.75 Å². The van der Waals surface area contributed by atoms with Gasteiger partial charge in [0.15, 0.2) is 0 Å². The van der Waals surface area contributed by atoms with E-state index in [1.165, 1.54) is 6.42 Å². The number of aromatic hydroxyl groups is 1. The molecule has 1 saturated heterocycles. The Morgan fingerprint density at radius 1 is 1.56 bits per heavy atom. The summed E-state index contributed by atoms with van der Waals surface area (Å²) in [5.74, 6) is 0.768. The molecule has 0 aliphatic carbocycles. The van der Waals surface area contributed by atoms with E-state index in [1.807, 2.05) is 4.90 Å². The molecule has 0 spiro atoms. The molecule has 0 radical (unpaired) electrons. The Morgan fingerprint density at radius 2 is 2.33 bits per heavy atom. The summed E-state index contributed by atoms with van der Waals surface area (Å²) in [4.78, 5) is 14.3. The number of amides is 1. The van der Waals surface area contributed by atoms with Crippen LogP contribution in [0.25, 0.3) is 0 Å². The van der Waals surface area contributed by atoms with Crippen LogP contribution in [0.2, 0.25) is 0 Å². The number of piperidine rings is 1. The fourth-order valence-corrected chi connectivity index (χ4v) is 2.93. The van der Waals surface area contributed by atoms with Crippen molar-refractivity contribution in [1.82, 2.24) is 4.90 Å². The Labute approximate surface area is 116 Å². The van der Waals surface area contributed by atoms with Gasteiger partial charge in [0.05, 0.1) is 0 Å². The van der Waals surface area contributed by atoms with Crippen LogP contribution in [-0.2, 0) is 0 Å². The average molecular weight is 312 g/mol. The van der Waals surface area contributed by atoms with E-state index in [0.717, 1.165) is 24.8 Å². The second kappa shape index (κ2) is 5.74. The summed E-state index contributed by atoms with van der Waals surface area (Å²) in [7, 11) is 0. The van der Waals surface area contributed by atoms with E-state index < -0.39 is 0 Å². The standard InChI is InChI=1S/C14H18BrNO2/c1-10-12(5-2-6-13(10)17)14(18)16-7-3-4-11(8-15)9-16/h2,5-6,11,17H,3-4,7-9H2,1H3. The third-order valence-electron chi connectivity index (χ3n) is 3.56. The van der Waals surface area contributed by atoms with Crippen LogP contribution in [-0.4, -0.2) is 34.3 Å². The predicted octanol–water partition coefficient (Wildman–Crippen LogP) is 2.95. The minimum atomic E-state index is 0.0362. The third-order valence-corrected chi connectivity index (χ3v) is 4.48. The van der Waals surface area contributed by atoms with Gasteiger partial charge in [-0.3, -0.25) is 4.79 Å². The lowest BCUT2D eigenvalue weighted by molar-refractivity contribution is 0.0685. The Balaban J connectivity index is 2.18. The van der Waals surface area contributed by atoms with Gasteiger partial charge < -0.3 is 10.0 Å². The Hall–Kier alpha value is -1.03. The van der Waals surface area contributed by atoms with E-state index in [9.17, 15) is 9.90 Å². The van der Waals surface area contributed by atoms with Crippen LogP contribution in [0.3, 0.4) is 0 Å². The highest BCUT2D eigenvalue weighted by molar-refractivity contribution is 9.09. The molecule has 4 heteroatoms. The molecule has 1 aliphatic heterocycles. The minimum absolute atomic E-state index is 0.0362. The van der Waals surface area contributed by atoms with E-state index in [1.54, 1.807) is 25.1 Å². The molecule has 1 unspecified atom stereocenters. The number of hydrogen-bond acceptors (Lipinski definition) is 2. The Morgan fingerprint density at radius 3 is 3.06 bits per heavy atom. The lowest BCUT2D eigenvalue weighted by Crippen LogP contribution is -2.40. The Bertz CT molecular complexity index is 447. The first-order valence-electron chi connectivity index (χ1n) is 6.27. The van der Waals surface area contributed by atoms with Gasteiger partial charge in [-0.15, -0.1) is 0 Å². The van der Waals surface area contributed by atoms with Gasteiger partial charge in [0.1, 0.15) is 5.75 Å². The number of alkyl halides is 1. The topological polar surface area (TPSA) is 40.5 Å². The smallest absolute Gasteiger partial charge is 0.254 e. The second-order valence-corrected chi connectivity index (χ2v) is 5.51. The minimum Gasteiger partial charge on any atom is -0.508 e. The molecule has 1 heterocycles. The van der Waals surface area contributed by atoms with Crippen molar-refractivity contribution in [3.63, 3.8) is 0 Å². The zero-order chi connectivity index (χ0) is 13.1. The predicted molar refractivity (Wildman–Crippen MR) is 75.3 cm³/mol. The molecule has 0 saturated carbocycles. The molecule has 2 rings (SSSR count). The number of phenols is 1. The van der Waals surface area contributed by atoms with E-state index in [2.05, 4.69) is 15.9 Å². The normalized spacial score (nSPS) is 19.9. The van der Waals surface area contributed by atoms with Crippen LogP contribution >= 0.6 is 15.9 Å². The van der Waals surface area contributed by atoms with Crippen LogP contribution in [0.4, 0.5) is 0 Å². The molecule has 0 bridgehead atoms. The zero-order valence-corrected chi connectivity index (χ0v) is 12.1. The molecule has 98 valence electrons. The largest absolute Gasteiger partial charge is 0.508 e. The SMILES string of the molecule is Cc1c(O)cccc1C(=O)N1CCCC(CBr)C1. The van der Waals surface area contributed by atoms with Crippen molar-refractivity contribution in [3.05, 3.63) is 29.3 Å². The van der Waals surface area contributed by atoms with Gasteiger partial charge in [-0.1, -0.05) is 22.0 Å². The van der Waals surface area contributed by atoms with Crippen molar-refractivity contribution in [2.24, 2.45) is 5.92 Å². The molecule has 1 amide bonds. The van der Waals surface area contributed by atoms with Crippen molar-refractivity contribution in [3.8, 4) is 5.75 Å². The summed E-state index contributed by atoms with van der Waals surface area (Å²) < 4.78 is 0. The van der Waals surface area contributed by atoms with Crippen molar-refractivity contribution in [2.45, 2.75) is 19.8 Å². The molecule has 1 atom stereocenters. The number of carbonyl (C=O) groups is 1. The molecule has 1 aromatic carbocycles. The molecule has 1 aliphatic rings. The van der Waals surface area contributed by atoms with Crippen molar-refractivity contribution in [1.29, 1.82) is 0 Å². The summed E-state index contributed by atoms with van der Waals surface area (Å²) in [5, 5.41) is 10.6. The quantitative estimate of drug-likeness (QED) is 0.853.